The summed E-state index contributed by atoms with van der Waals surface area (Å²) in [5.74, 6) is 0.530. The van der Waals surface area contributed by atoms with Crippen LogP contribution >= 0.6 is 11.6 Å². The number of anilines is 3. The molecule has 2 aromatic carbocycles. The normalized spacial score (nSPS) is 9.96. The standard InChI is InChI=1S/C19H14ClN5O2/c1-27-17-7-4-14(20)8-16(17)25-19-22-10-13(11-23-19)18(26)24-15-5-2-12(9-21)3-6-15/h2-8,10-11H,1H3,(H,24,26)(H,22,23,25). The first-order valence-electron chi connectivity index (χ1n) is 7.83. The van der Waals surface area contributed by atoms with Gasteiger partial charge in [-0.25, -0.2) is 9.97 Å². The van der Waals surface area contributed by atoms with Crippen molar-refractivity contribution in [2.24, 2.45) is 0 Å². The highest BCUT2D eigenvalue weighted by molar-refractivity contribution is 6.31. The van der Waals surface area contributed by atoms with Gasteiger partial charge >= 0.3 is 0 Å². The summed E-state index contributed by atoms with van der Waals surface area (Å²) < 4.78 is 5.26. The van der Waals surface area contributed by atoms with Crippen LogP contribution in [0.2, 0.25) is 5.02 Å². The molecule has 0 radical (unpaired) electrons. The Balaban J connectivity index is 1.70. The van der Waals surface area contributed by atoms with Crippen molar-refractivity contribution in [2.45, 2.75) is 0 Å². The largest absolute Gasteiger partial charge is 0.495 e. The van der Waals surface area contributed by atoms with E-state index in [-0.39, 0.29) is 5.91 Å². The number of methoxy groups -OCH3 is 1. The van der Waals surface area contributed by atoms with Crippen LogP contribution in [-0.2, 0) is 0 Å². The van der Waals surface area contributed by atoms with Gasteiger partial charge in [-0.2, -0.15) is 5.26 Å². The summed E-state index contributed by atoms with van der Waals surface area (Å²) in [6.07, 6.45) is 2.82. The maximum atomic E-state index is 12.3. The molecule has 0 aliphatic heterocycles. The molecule has 0 fully saturated rings. The zero-order chi connectivity index (χ0) is 19.2. The minimum absolute atomic E-state index is 0.294. The van der Waals surface area contributed by atoms with Gasteiger partial charge in [0.1, 0.15) is 5.75 Å². The van der Waals surface area contributed by atoms with E-state index >= 15 is 0 Å². The molecular weight excluding hydrogens is 366 g/mol. The molecule has 0 saturated heterocycles. The van der Waals surface area contributed by atoms with E-state index < -0.39 is 0 Å². The Bertz CT molecular complexity index is 998. The summed E-state index contributed by atoms with van der Waals surface area (Å²) in [5, 5.41) is 15.0. The number of rotatable bonds is 5. The molecule has 0 aliphatic carbocycles. The van der Waals surface area contributed by atoms with Gasteiger partial charge in [-0.3, -0.25) is 4.79 Å². The van der Waals surface area contributed by atoms with Crippen LogP contribution in [0.3, 0.4) is 0 Å². The Hall–Kier alpha value is -3.63. The quantitative estimate of drug-likeness (QED) is 0.694. The van der Waals surface area contributed by atoms with E-state index in [1.807, 2.05) is 6.07 Å². The van der Waals surface area contributed by atoms with Crippen LogP contribution in [0.1, 0.15) is 15.9 Å². The number of carbonyl (C=O) groups excluding carboxylic acids is 1. The van der Waals surface area contributed by atoms with Crippen LogP contribution < -0.4 is 15.4 Å². The highest BCUT2D eigenvalue weighted by atomic mass is 35.5. The lowest BCUT2D eigenvalue weighted by Crippen LogP contribution is -2.13. The lowest BCUT2D eigenvalue weighted by Gasteiger charge is -2.10. The Kier molecular flexibility index (Phi) is 5.50. The summed E-state index contributed by atoms with van der Waals surface area (Å²) in [6, 6.07) is 13.7. The number of hydrogen-bond donors (Lipinski definition) is 2. The first-order valence-corrected chi connectivity index (χ1v) is 8.21. The van der Waals surface area contributed by atoms with Crippen molar-refractivity contribution in [3.05, 3.63) is 71.0 Å². The van der Waals surface area contributed by atoms with Gasteiger partial charge in [0.2, 0.25) is 5.95 Å². The fourth-order valence-corrected chi connectivity index (χ4v) is 2.41. The van der Waals surface area contributed by atoms with Gasteiger partial charge in [0.25, 0.3) is 5.91 Å². The predicted octanol–water partition coefficient (Wildman–Crippen LogP) is 4.01. The van der Waals surface area contributed by atoms with Crippen molar-refractivity contribution in [1.29, 1.82) is 5.26 Å². The number of amides is 1. The Morgan fingerprint density at radius 1 is 1.15 bits per heavy atom. The number of ether oxygens (including phenoxy) is 1. The van der Waals surface area contributed by atoms with Gasteiger partial charge in [-0.1, -0.05) is 11.6 Å². The van der Waals surface area contributed by atoms with E-state index in [1.54, 1.807) is 49.6 Å². The number of aromatic nitrogens is 2. The maximum Gasteiger partial charge on any atom is 0.258 e. The van der Waals surface area contributed by atoms with E-state index in [1.165, 1.54) is 12.4 Å². The average molecular weight is 380 g/mol. The number of nitrogens with zero attached hydrogens (tertiary/aromatic N) is 3. The number of hydrogen-bond acceptors (Lipinski definition) is 6. The first kappa shape index (κ1) is 18.2. The number of nitrogens with one attached hydrogen (secondary N) is 2. The monoisotopic (exact) mass is 379 g/mol. The van der Waals surface area contributed by atoms with Crippen molar-refractivity contribution < 1.29 is 9.53 Å². The fourth-order valence-electron chi connectivity index (χ4n) is 2.24. The van der Waals surface area contributed by atoms with Gasteiger partial charge in [-0.15, -0.1) is 0 Å². The minimum Gasteiger partial charge on any atom is -0.495 e. The van der Waals surface area contributed by atoms with E-state index in [2.05, 4.69) is 20.6 Å². The second-order valence-electron chi connectivity index (χ2n) is 5.41. The SMILES string of the molecule is COc1ccc(Cl)cc1Nc1ncc(C(=O)Nc2ccc(C#N)cc2)cn1. The number of benzene rings is 2. The maximum absolute atomic E-state index is 12.3. The van der Waals surface area contributed by atoms with Gasteiger partial charge in [0, 0.05) is 23.1 Å². The van der Waals surface area contributed by atoms with Crippen molar-refractivity contribution in [1.82, 2.24) is 9.97 Å². The Morgan fingerprint density at radius 2 is 1.85 bits per heavy atom. The summed E-state index contributed by atoms with van der Waals surface area (Å²) >= 11 is 6.00. The molecule has 0 spiro atoms. The number of nitriles is 1. The Labute approximate surface area is 160 Å². The molecule has 0 unspecified atom stereocenters. The molecule has 134 valence electrons. The molecule has 3 aromatic rings. The second kappa shape index (κ2) is 8.17. The molecule has 0 saturated carbocycles. The molecular formula is C19H14ClN5O2. The zero-order valence-electron chi connectivity index (χ0n) is 14.2. The molecule has 1 aromatic heterocycles. The molecule has 1 heterocycles. The van der Waals surface area contributed by atoms with E-state index in [9.17, 15) is 4.79 Å². The molecule has 0 atom stereocenters. The molecule has 0 aliphatic rings. The molecule has 7 nitrogen and oxygen atoms in total. The predicted molar refractivity (Wildman–Crippen MR) is 102 cm³/mol. The van der Waals surface area contributed by atoms with Gasteiger partial charge < -0.3 is 15.4 Å². The summed E-state index contributed by atoms with van der Waals surface area (Å²) in [7, 11) is 1.55. The van der Waals surface area contributed by atoms with Crippen LogP contribution in [0.15, 0.2) is 54.9 Å². The molecule has 8 heteroatoms. The summed E-state index contributed by atoms with van der Waals surface area (Å²) in [6.45, 7) is 0. The molecule has 2 N–H and O–H groups in total. The third-order valence-corrected chi connectivity index (χ3v) is 3.83. The topological polar surface area (TPSA) is 99.9 Å². The van der Waals surface area contributed by atoms with E-state index in [0.717, 1.165) is 0 Å². The van der Waals surface area contributed by atoms with E-state index in [4.69, 9.17) is 21.6 Å². The van der Waals surface area contributed by atoms with Gasteiger partial charge in [0.15, 0.2) is 0 Å². The third kappa shape index (κ3) is 4.51. The zero-order valence-corrected chi connectivity index (χ0v) is 15.0. The number of carbonyl (C=O) groups is 1. The highest BCUT2D eigenvalue weighted by Crippen LogP contribution is 2.29. The van der Waals surface area contributed by atoms with Gasteiger partial charge in [-0.05, 0) is 42.5 Å². The van der Waals surface area contributed by atoms with Crippen LogP contribution in [0, 0.1) is 11.3 Å². The minimum atomic E-state index is -0.355. The second-order valence-corrected chi connectivity index (χ2v) is 5.84. The molecule has 1 amide bonds. The smallest absolute Gasteiger partial charge is 0.258 e. The summed E-state index contributed by atoms with van der Waals surface area (Å²) in [4.78, 5) is 20.6. The van der Waals surface area contributed by atoms with E-state index in [0.29, 0.717) is 39.2 Å². The van der Waals surface area contributed by atoms with Crippen LogP contribution in [0.5, 0.6) is 5.75 Å². The third-order valence-electron chi connectivity index (χ3n) is 3.59. The van der Waals surface area contributed by atoms with Crippen LogP contribution in [0.25, 0.3) is 0 Å². The summed E-state index contributed by atoms with van der Waals surface area (Å²) in [5.41, 5.74) is 2.00. The first-order chi connectivity index (χ1) is 13.1. The van der Waals surface area contributed by atoms with Crippen molar-refractivity contribution >= 4 is 34.8 Å². The van der Waals surface area contributed by atoms with Crippen LogP contribution in [0.4, 0.5) is 17.3 Å². The van der Waals surface area contributed by atoms with Crippen molar-refractivity contribution in [2.75, 3.05) is 17.7 Å². The molecule has 27 heavy (non-hydrogen) atoms. The van der Waals surface area contributed by atoms with Gasteiger partial charge in [0.05, 0.1) is 30.0 Å². The fraction of sp³-hybridized carbons (Fsp3) is 0.0526. The molecule has 0 bridgehead atoms. The van der Waals surface area contributed by atoms with Crippen molar-refractivity contribution in [3.63, 3.8) is 0 Å². The lowest BCUT2D eigenvalue weighted by atomic mass is 10.2. The Morgan fingerprint density at radius 3 is 2.48 bits per heavy atom. The average Bonchev–Trinajstić information content (AvgIpc) is 2.69. The molecule has 3 rings (SSSR count). The lowest BCUT2D eigenvalue weighted by molar-refractivity contribution is 0.102. The van der Waals surface area contributed by atoms with Crippen molar-refractivity contribution in [3.8, 4) is 11.8 Å². The van der Waals surface area contributed by atoms with Crippen LogP contribution in [-0.4, -0.2) is 23.0 Å². The number of halogens is 1. The highest BCUT2D eigenvalue weighted by Gasteiger charge is 2.10.